The smallest absolute Gasteiger partial charge is 0.414 e. The molecule has 1 aromatic rings. The Balaban J connectivity index is 1.63. The molecule has 166 valence electrons. The Morgan fingerprint density at radius 2 is 2.00 bits per heavy atom. The maximum atomic E-state index is 14.8. The maximum Gasteiger partial charge on any atom is 0.414 e. The molecule has 0 radical (unpaired) electrons. The van der Waals surface area contributed by atoms with Gasteiger partial charge >= 0.3 is 11.3 Å². The summed E-state index contributed by atoms with van der Waals surface area (Å²) in [5.41, 5.74) is 0.672. The third-order valence-electron chi connectivity index (χ3n) is 4.89. The Labute approximate surface area is 179 Å². The second-order valence-electron chi connectivity index (χ2n) is 6.98. The van der Waals surface area contributed by atoms with Crippen molar-refractivity contribution in [1.82, 2.24) is 9.37 Å². The van der Waals surface area contributed by atoms with E-state index < -0.39 is 33.3 Å². The highest BCUT2D eigenvalue weighted by Gasteiger charge is 2.34. The van der Waals surface area contributed by atoms with Crippen LogP contribution in [0.3, 0.4) is 0 Å². The minimum atomic E-state index is -3.27. The van der Waals surface area contributed by atoms with Gasteiger partial charge in [0.1, 0.15) is 18.5 Å². The van der Waals surface area contributed by atoms with Crippen molar-refractivity contribution in [3.8, 4) is 0 Å². The number of halogens is 1. The topological polar surface area (TPSA) is 99.7 Å². The molecule has 2 saturated heterocycles. The summed E-state index contributed by atoms with van der Waals surface area (Å²) in [5, 5.41) is 0.323. The molecule has 0 unspecified atom stereocenters. The number of amides is 2. The molecule has 2 aliphatic heterocycles. The Kier molecular flexibility index (Phi) is 6.75. The lowest BCUT2D eigenvalue weighted by Gasteiger charge is -2.35. The normalized spacial score (nSPS) is 20.4. The highest BCUT2D eigenvalue weighted by molar-refractivity contribution is 7.96. The van der Waals surface area contributed by atoms with Gasteiger partial charge in [-0.1, -0.05) is 12.6 Å². The van der Waals surface area contributed by atoms with Crippen LogP contribution in [0.15, 0.2) is 18.2 Å². The standard InChI is InChI=1S/C17H23FN4O6S2/c1-19(17(24)29)27-11-13-10-22(16(23)28-13)12-3-4-15(14(18)9-12)20-5-7-21(8-6-20)30(2,25)26/h3-4,9,13H,5-8,10-11H2,1-2H3,(H,24,29)/t13-/m0/s1. The predicted molar refractivity (Wildman–Crippen MR) is 111 cm³/mol. The number of thiol groups is 1. The summed E-state index contributed by atoms with van der Waals surface area (Å²) >= 11 is 3.61. The number of rotatable bonds is 6. The minimum absolute atomic E-state index is 0.0454. The van der Waals surface area contributed by atoms with Gasteiger partial charge in [-0.25, -0.2) is 22.7 Å². The van der Waals surface area contributed by atoms with Crippen LogP contribution in [0.5, 0.6) is 0 Å². The molecule has 2 aliphatic rings. The third-order valence-corrected chi connectivity index (χ3v) is 6.47. The SMILES string of the molecule is CN(OC[C@@H]1CN(c2ccc(N3CCN(S(C)(=O)=O)CC3)c(F)c2)C(=O)O1)C(=O)S. The van der Waals surface area contributed by atoms with Gasteiger partial charge in [0.05, 0.1) is 24.2 Å². The zero-order chi connectivity index (χ0) is 22.1. The molecule has 2 heterocycles. The summed E-state index contributed by atoms with van der Waals surface area (Å²) < 4.78 is 44.5. The Bertz CT molecular complexity index is 923. The average Bonchev–Trinajstić information content (AvgIpc) is 3.06. The monoisotopic (exact) mass is 462 g/mol. The summed E-state index contributed by atoms with van der Waals surface area (Å²) in [6.07, 6.45) is -0.114. The molecule has 2 fully saturated rings. The molecule has 0 saturated carbocycles. The van der Waals surface area contributed by atoms with Crippen LogP contribution in [0.1, 0.15) is 0 Å². The number of benzene rings is 1. The molecule has 3 rings (SSSR count). The van der Waals surface area contributed by atoms with Crippen molar-refractivity contribution in [3.63, 3.8) is 0 Å². The first kappa shape index (κ1) is 22.6. The van der Waals surface area contributed by atoms with Crippen molar-refractivity contribution >= 4 is 45.4 Å². The van der Waals surface area contributed by atoms with Crippen LogP contribution in [0.4, 0.5) is 25.4 Å². The number of sulfonamides is 1. The van der Waals surface area contributed by atoms with Crippen molar-refractivity contribution in [3.05, 3.63) is 24.0 Å². The highest BCUT2D eigenvalue weighted by atomic mass is 32.2. The quantitative estimate of drug-likeness (QED) is 0.500. The van der Waals surface area contributed by atoms with Gasteiger partial charge in [-0.2, -0.15) is 4.31 Å². The fourth-order valence-corrected chi connectivity index (χ4v) is 4.13. The summed E-state index contributed by atoms with van der Waals surface area (Å²) in [4.78, 5) is 31.4. The summed E-state index contributed by atoms with van der Waals surface area (Å²) in [6, 6.07) is 4.41. The summed E-state index contributed by atoms with van der Waals surface area (Å²) in [7, 11) is -1.88. The Hall–Kier alpha value is -2.09. The van der Waals surface area contributed by atoms with E-state index in [1.165, 1.54) is 22.3 Å². The van der Waals surface area contributed by atoms with Crippen LogP contribution in [0.2, 0.25) is 0 Å². The molecule has 0 aromatic heterocycles. The largest absolute Gasteiger partial charge is 0.441 e. The van der Waals surface area contributed by atoms with E-state index in [0.717, 1.165) is 11.3 Å². The van der Waals surface area contributed by atoms with Gasteiger partial charge in [-0.3, -0.25) is 14.5 Å². The van der Waals surface area contributed by atoms with Crippen LogP contribution in [-0.4, -0.2) is 87.9 Å². The van der Waals surface area contributed by atoms with Gasteiger partial charge in [0, 0.05) is 33.2 Å². The molecule has 13 heteroatoms. The van der Waals surface area contributed by atoms with E-state index in [2.05, 4.69) is 12.6 Å². The molecular formula is C17H23FN4O6S2. The van der Waals surface area contributed by atoms with E-state index in [4.69, 9.17) is 9.57 Å². The van der Waals surface area contributed by atoms with E-state index in [1.54, 1.807) is 17.0 Å². The summed E-state index contributed by atoms with van der Waals surface area (Å²) in [5.74, 6) is -0.520. The molecule has 1 aromatic carbocycles. The van der Waals surface area contributed by atoms with Gasteiger partial charge < -0.3 is 9.64 Å². The van der Waals surface area contributed by atoms with E-state index in [0.29, 0.717) is 24.5 Å². The van der Waals surface area contributed by atoms with Crippen LogP contribution in [0, 0.1) is 5.82 Å². The second-order valence-corrected chi connectivity index (χ2v) is 9.34. The van der Waals surface area contributed by atoms with Crippen molar-refractivity contribution in [1.29, 1.82) is 0 Å². The minimum Gasteiger partial charge on any atom is -0.441 e. The van der Waals surface area contributed by atoms with E-state index >= 15 is 0 Å². The van der Waals surface area contributed by atoms with Crippen LogP contribution < -0.4 is 9.80 Å². The number of nitrogens with zero attached hydrogens (tertiary/aromatic N) is 4. The molecule has 10 nitrogen and oxygen atoms in total. The predicted octanol–water partition coefficient (Wildman–Crippen LogP) is 1.15. The number of piperazine rings is 1. The van der Waals surface area contributed by atoms with E-state index in [9.17, 15) is 22.4 Å². The number of anilines is 2. The van der Waals surface area contributed by atoms with E-state index in [1.807, 2.05) is 0 Å². The lowest BCUT2D eigenvalue weighted by molar-refractivity contribution is -0.113. The molecule has 0 bridgehead atoms. The van der Waals surface area contributed by atoms with Crippen molar-refractivity contribution in [2.24, 2.45) is 0 Å². The average molecular weight is 463 g/mol. The molecule has 0 aliphatic carbocycles. The van der Waals surface area contributed by atoms with Gasteiger partial charge in [0.2, 0.25) is 10.0 Å². The second kappa shape index (κ2) is 8.96. The lowest BCUT2D eigenvalue weighted by Crippen LogP contribution is -2.48. The Morgan fingerprint density at radius 3 is 2.57 bits per heavy atom. The van der Waals surface area contributed by atoms with Gasteiger partial charge in [-0.05, 0) is 18.2 Å². The lowest BCUT2D eigenvalue weighted by atomic mass is 10.2. The van der Waals surface area contributed by atoms with E-state index in [-0.39, 0.29) is 26.2 Å². The number of carbonyl (C=O) groups is 2. The first-order chi connectivity index (χ1) is 14.1. The molecular weight excluding hydrogens is 439 g/mol. The number of hydroxylamine groups is 2. The third kappa shape index (κ3) is 5.14. The number of cyclic esters (lactones) is 1. The van der Waals surface area contributed by atoms with Crippen LogP contribution in [-0.2, 0) is 19.6 Å². The van der Waals surface area contributed by atoms with Crippen molar-refractivity contribution in [2.45, 2.75) is 6.10 Å². The van der Waals surface area contributed by atoms with Gasteiger partial charge in [-0.15, -0.1) is 0 Å². The zero-order valence-electron chi connectivity index (χ0n) is 16.5. The molecule has 0 spiro atoms. The molecule has 2 amide bonds. The summed E-state index contributed by atoms with van der Waals surface area (Å²) in [6.45, 7) is 1.39. The molecule has 30 heavy (non-hydrogen) atoms. The molecule has 1 atom stereocenters. The first-order valence-corrected chi connectivity index (χ1v) is 11.4. The van der Waals surface area contributed by atoms with Gasteiger partial charge in [0.15, 0.2) is 0 Å². The number of hydrogen-bond donors (Lipinski definition) is 1. The van der Waals surface area contributed by atoms with Gasteiger partial charge in [0.25, 0.3) is 0 Å². The highest BCUT2D eigenvalue weighted by Crippen LogP contribution is 2.29. The van der Waals surface area contributed by atoms with Crippen LogP contribution in [0.25, 0.3) is 0 Å². The van der Waals surface area contributed by atoms with Crippen molar-refractivity contribution in [2.75, 3.05) is 62.4 Å². The number of carbonyl (C=O) groups excluding carboxylic acids is 2. The molecule has 0 N–H and O–H groups in total. The first-order valence-electron chi connectivity index (χ1n) is 9.13. The maximum absolute atomic E-state index is 14.8. The fraction of sp³-hybridized carbons (Fsp3) is 0.529. The van der Waals surface area contributed by atoms with Crippen LogP contribution >= 0.6 is 12.6 Å². The Morgan fingerprint density at radius 1 is 1.33 bits per heavy atom. The zero-order valence-corrected chi connectivity index (χ0v) is 18.2. The number of hydrogen-bond acceptors (Lipinski definition) is 7. The number of ether oxygens (including phenoxy) is 1. The fourth-order valence-electron chi connectivity index (χ4n) is 3.25. The van der Waals surface area contributed by atoms with Crippen molar-refractivity contribution < 1.29 is 32.0 Å².